The van der Waals surface area contributed by atoms with Gasteiger partial charge < -0.3 is 20.5 Å². The van der Waals surface area contributed by atoms with Gasteiger partial charge in [-0.15, -0.1) is 0 Å². The maximum Gasteiger partial charge on any atom is 0.319 e. The van der Waals surface area contributed by atoms with Crippen LogP contribution in [0.3, 0.4) is 0 Å². The molecular weight excluding hydrogens is 334 g/mol. The number of carbonyl (C=O) groups is 2. The van der Waals surface area contributed by atoms with Gasteiger partial charge in [0.1, 0.15) is 5.75 Å². The molecule has 1 aliphatic rings. The Hall–Kier alpha value is -2.83. The molecular formula is C19H23N3O4. The van der Waals surface area contributed by atoms with Gasteiger partial charge in [-0.1, -0.05) is 0 Å². The largest absolute Gasteiger partial charge is 0.493 e. The molecule has 0 saturated heterocycles. The van der Waals surface area contributed by atoms with E-state index in [0.717, 1.165) is 11.1 Å². The lowest BCUT2D eigenvalue weighted by atomic mass is 9.86. The molecule has 0 spiro atoms. The van der Waals surface area contributed by atoms with Gasteiger partial charge in [0, 0.05) is 17.6 Å². The van der Waals surface area contributed by atoms with E-state index in [2.05, 4.69) is 15.6 Å². The number of hydrogen-bond acceptors (Lipinski definition) is 4. The Morgan fingerprint density at radius 3 is 2.69 bits per heavy atom. The Morgan fingerprint density at radius 1 is 1.23 bits per heavy atom. The van der Waals surface area contributed by atoms with Crippen molar-refractivity contribution in [2.24, 2.45) is 5.92 Å². The summed E-state index contributed by atoms with van der Waals surface area (Å²) in [5, 5.41) is 15.7. The maximum atomic E-state index is 12.4. The third-order valence-corrected chi connectivity index (χ3v) is 4.69. The van der Waals surface area contributed by atoms with E-state index >= 15 is 0 Å². The molecule has 138 valence electrons. The van der Waals surface area contributed by atoms with Gasteiger partial charge >= 0.3 is 12.0 Å². The highest BCUT2D eigenvalue weighted by Gasteiger charge is 2.26. The average Bonchev–Trinajstić information content (AvgIpc) is 2.64. The molecule has 0 aliphatic heterocycles. The highest BCUT2D eigenvalue weighted by molar-refractivity contribution is 6.01. The van der Waals surface area contributed by atoms with Gasteiger partial charge in [0.2, 0.25) is 0 Å². The Morgan fingerprint density at radius 2 is 2.00 bits per heavy atom. The second-order valence-electron chi connectivity index (χ2n) is 6.43. The number of aliphatic carboxylic acids is 1. The Bertz CT molecular complexity index is 800. The molecule has 2 amide bonds. The van der Waals surface area contributed by atoms with Crippen LogP contribution in [0.1, 0.15) is 32.6 Å². The zero-order chi connectivity index (χ0) is 18.5. The summed E-state index contributed by atoms with van der Waals surface area (Å²) in [4.78, 5) is 27.7. The maximum absolute atomic E-state index is 12.4. The van der Waals surface area contributed by atoms with Gasteiger partial charge in [-0.3, -0.25) is 9.78 Å². The van der Waals surface area contributed by atoms with Crippen molar-refractivity contribution >= 4 is 28.6 Å². The number of rotatable bonds is 5. The summed E-state index contributed by atoms with van der Waals surface area (Å²) in [5.41, 5.74) is 1.28. The van der Waals surface area contributed by atoms with Gasteiger partial charge in [0.25, 0.3) is 0 Å². The number of nitrogens with zero attached hydrogens (tertiary/aromatic N) is 1. The van der Waals surface area contributed by atoms with Gasteiger partial charge in [-0.2, -0.15) is 0 Å². The lowest BCUT2D eigenvalue weighted by Crippen LogP contribution is -2.41. The van der Waals surface area contributed by atoms with E-state index in [9.17, 15) is 9.59 Å². The van der Waals surface area contributed by atoms with Crippen molar-refractivity contribution < 1.29 is 19.4 Å². The molecule has 3 rings (SSSR count). The molecule has 1 aliphatic carbocycles. The number of carbonyl (C=O) groups excluding carboxylic acids is 1. The van der Waals surface area contributed by atoms with Crippen LogP contribution in [-0.2, 0) is 4.79 Å². The molecule has 1 heterocycles. The fourth-order valence-corrected chi connectivity index (χ4v) is 3.36. The summed E-state index contributed by atoms with van der Waals surface area (Å²) in [6.45, 7) is 2.47. The molecule has 1 saturated carbocycles. The summed E-state index contributed by atoms with van der Waals surface area (Å²) in [6, 6.07) is 7.02. The number of pyridine rings is 1. The number of ether oxygens (including phenoxy) is 1. The Kier molecular flexibility index (Phi) is 5.55. The van der Waals surface area contributed by atoms with Gasteiger partial charge in [0.15, 0.2) is 0 Å². The SMILES string of the molecule is CCOc1ccc(NC(=O)NC2CCC(C(=O)O)CC2)c2ncccc12. The first-order chi connectivity index (χ1) is 12.6. The normalized spacial score (nSPS) is 19.7. The smallest absolute Gasteiger partial charge is 0.319 e. The van der Waals surface area contributed by atoms with E-state index in [1.165, 1.54) is 0 Å². The van der Waals surface area contributed by atoms with Crippen molar-refractivity contribution in [3.63, 3.8) is 0 Å². The second kappa shape index (κ2) is 8.03. The number of anilines is 1. The molecule has 2 aromatic rings. The number of amides is 2. The number of benzene rings is 1. The standard InChI is InChI=1S/C19H23N3O4/c1-2-26-16-10-9-15(17-14(16)4-3-11-20-17)22-19(25)21-13-7-5-12(6-8-13)18(23)24/h3-4,9-13H,2,5-8H2,1H3,(H,23,24)(H2,21,22,25). The molecule has 0 radical (unpaired) electrons. The van der Waals surface area contributed by atoms with Crippen LogP contribution in [0.15, 0.2) is 30.5 Å². The Balaban J connectivity index is 1.67. The minimum atomic E-state index is -0.750. The fraction of sp³-hybridized carbons (Fsp3) is 0.421. The molecule has 1 aromatic carbocycles. The predicted molar refractivity (Wildman–Crippen MR) is 98.4 cm³/mol. The van der Waals surface area contributed by atoms with Crippen LogP contribution in [0.5, 0.6) is 5.75 Å². The van der Waals surface area contributed by atoms with Crippen LogP contribution < -0.4 is 15.4 Å². The van der Waals surface area contributed by atoms with Crippen molar-refractivity contribution in [3.05, 3.63) is 30.5 Å². The quantitative estimate of drug-likeness (QED) is 0.761. The van der Waals surface area contributed by atoms with E-state index in [1.807, 2.05) is 25.1 Å². The topological polar surface area (TPSA) is 101 Å². The minimum Gasteiger partial charge on any atom is -0.493 e. The molecule has 26 heavy (non-hydrogen) atoms. The minimum absolute atomic E-state index is 0.00692. The Labute approximate surface area is 151 Å². The van der Waals surface area contributed by atoms with E-state index in [0.29, 0.717) is 43.5 Å². The number of hydrogen-bond donors (Lipinski definition) is 3. The van der Waals surface area contributed by atoms with Crippen molar-refractivity contribution in [2.45, 2.75) is 38.6 Å². The van der Waals surface area contributed by atoms with Crippen LogP contribution in [0.2, 0.25) is 0 Å². The third kappa shape index (κ3) is 4.04. The van der Waals surface area contributed by atoms with E-state index in [-0.39, 0.29) is 18.0 Å². The van der Waals surface area contributed by atoms with Gasteiger partial charge in [-0.05, 0) is 56.9 Å². The molecule has 0 atom stereocenters. The third-order valence-electron chi connectivity index (χ3n) is 4.69. The van der Waals surface area contributed by atoms with Crippen LogP contribution in [0.4, 0.5) is 10.5 Å². The number of nitrogens with one attached hydrogen (secondary N) is 2. The monoisotopic (exact) mass is 357 g/mol. The van der Waals surface area contributed by atoms with Crippen LogP contribution in [-0.4, -0.2) is 34.7 Å². The lowest BCUT2D eigenvalue weighted by Gasteiger charge is -2.26. The fourth-order valence-electron chi connectivity index (χ4n) is 3.36. The molecule has 0 unspecified atom stereocenters. The van der Waals surface area contributed by atoms with Gasteiger partial charge in [-0.25, -0.2) is 4.79 Å². The highest BCUT2D eigenvalue weighted by Crippen LogP contribution is 2.30. The summed E-state index contributed by atoms with van der Waals surface area (Å²) >= 11 is 0. The molecule has 7 heteroatoms. The first-order valence-electron chi connectivity index (χ1n) is 8.89. The average molecular weight is 357 g/mol. The molecule has 0 bridgehead atoms. The van der Waals surface area contributed by atoms with Crippen molar-refractivity contribution in [2.75, 3.05) is 11.9 Å². The molecule has 3 N–H and O–H groups in total. The molecule has 1 fully saturated rings. The summed E-state index contributed by atoms with van der Waals surface area (Å²) in [5.74, 6) is -0.316. The summed E-state index contributed by atoms with van der Waals surface area (Å²) < 4.78 is 5.61. The number of fused-ring (bicyclic) bond motifs is 1. The van der Waals surface area contributed by atoms with Crippen LogP contribution in [0.25, 0.3) is 10.9 Å². The zero-order valence-electron chi connectivity index (χ0n) is 14.7. The lowest BCUT2D eigenvalue weighted by molar-refractivity contribution is -0.142. The van der Waals surface area contributed by atoms with E-state index in [4.69, 9.17) is 9.84 Å². The first kappa shape index (κ1) is 18.0. The van der Waals surface area contributed by atoms with E-state index < -0.39 is 5.97 Å². The van der Waals surface area contributed by atoms with Crippen molar-refractivity contribution in [3.8, 4) is 5.75 Å². The van der Waals surface area contributed by atoms with Gasteiger partial charge in [0.05, 0.1) is 23.7 Å². The van der Waals surface area contributed by atoms with Crippen LogP contribution >= 0.6 is 0 Å². The summed E-state index contributed by atoms with van der Waals surface area (Å²) in [7, 11) is 0. The van der Waals surface area contributed by atoms with Crippen LogP contribution in [0, 0.1) is 5.92 Å². The predicted octanol–water partition coefficient (Wildman–Crippen LogP) is 3.40. The first-order valence-corrected chi connectivity index (χ1v) is 8.89. The molecule has 7 nitrogen and oxygen atoms in total. The van der Waals surface area contributed by atoms with Crippen molar-refractivity contribution in [1.29, 1.82) is 0 Å². The number of urea groups is 1. The number of carboxylic acids is 1. The second-order valence-corrected chi connectivity index (χ2v) is 6.43. The highest BCUT2D eigenvalue weighted by atomic mass is 16.5. The van der Waals surface area contributed by atoms with Crippen molar-refractivity contribution in [1.82, 2.24) is 10.3 Å². The van der Waals surface area contributed by atoms with E-state index in [1.54, 1.807) is 12.3 Å². The summed E-state index contributed by atoms with van der Waals surface area (Å²) in [6.07, 6.45) is 4.20. The number of aromatic nitrogens is 1. The number of carboxylic acid groups (broad SMARTS) is 1. The molecule has 1 aromatic heterocycles. The zero-order valence-corrected chi connectivity index (χ0v) is 14.7.